The molecule has 0 bridgehead atoms. The molecule has 0 amide bonds. The van der Waals surface area contributed by atoms with Crippen LogP contribution in [-0.4, -0.2) is 20.9 Å². The fourth-order valence-electron chi connectivity index (χ4n) is 2.09. The van der Waals surface area contributed by atoms with Gasteiger partial charge in [-0.2, -0.15) is 9.61 Å². The minimum atomic E-state index is 0.512. The Bertz CT molecular complexity index is 742. The lowest BCUT2D eigenvalue weighted by molar-refractivity contribution is 0.111. The van der Waals surface area contributed by atoms with E-state index in [9.17, 15) is 4.79 Å². The van der Waals surface area contributed by atoms with Gasteiger partial charge < -0.3 is 0 Å². The third-order valence-corrected chi connectivity index (χ3v) is 3.60. The van der Waals surface area contributed by atoms with Crippen molar-refractivity contribution in [3.63, 3.8) is 0 Å². The summed E-state index contributed by atoms with van der Waals surface area (Å²) >= 11 is 1.42. The maximum absolute atomic E-state index is 11.3. The Morgan fingerprint density at radius 2 is 2.17 bits per heavy atom. The van der Waals surface area contributed by atoms with E-state index in [0.29, 0.717) is 11.4 Å². The molecule has 0 N–H and O–H groups in total. The molecule has 0 radical (unpaired) electrons. The van der Waals surface area contributed by atoms with Crippen molar-refractivity contribution in [2.75, 3.05) is 0 Å². The molecule has 90 valence electrons. The third kappa shape index (κ3) is 1.55. The molecule has 0 atom stereocenters. The molecule has 3 aromatic rings. The SMILES string of the molecule is Cc1ccc(-c2nc3scnn3c2C=O)c(C)c1. The van der Waals surface area contributed by atoms with E-state index in [4.69, 9.17) is 0 Å². The lowest BCUT2D eigenvalue weighted by Crippen LogP contribution is -1.94. The van der Waals surface area contributed by atoms with Gasteiger partial charge >= 0.3 is 0 Å². The quantitative estimate of drug-likeness (QED) is 0.663. The standard InChI is InChI=1S/C13H11N3OS/c1-8-3-4-10(9(2)5-8)12-11(6-17)16-13(15-12)18-7-14-16/h3-7H,1-2H3. The molecule has 0 saturated carbocycles. The zero-order valence-electron chi connectivity index (χ0n) is 10.0. The number of rotatable bonds is 2. The largest absolute Gasteiger partial charge is 0.296 e. The molecular weight excluding hydrogens is 246 g/mol. The van der Waals surface area contributed by atoms with E-state index in [2.05, 4.69) is 16.1 Å². The fraction of sp³-hybridized carbons (Fsp3) is 0.154. The number of carbonyl (C=O) groups is 1. The topological polar surface area (TPSA) is 47.3 Å². The third-order valence-electron chi connectivity index (χ3n) is 2.93. The van der Waals surface area contributed by atoms with E-state index in [1.165, 1.54) is 16.9 Å². The molecule has 3 rings (SSSR count). The molecule has 0 spiro atoms. The summed E-state index contributed by atoms with van der Waals surface area (Å²) in [6, 6.07) is 6.12. The second-order valence-electron chi connectivity index (χ2n) is 4.21. The molecule has 1 aromatic carbocycles. The normalized spacial score (nSPS) is 11.0. The van der Waals surface area contributed by atoms with Crippen molar-refractivity contribution >= 4 is 22.6 Å². The highest BCUT2D eigenvalue weighted by Crippen LogP contribution is 2.27. The number of hydrogen-bond donors (Lipinski definition) is 0. The number of aldehydes is 1. The first-order valence-electron chi connectivity index (χ1n) is 5.55. The zero-order chi connectivity index (χ0) is 12.7. The summed E-state index contributed by atoms with van der Waals surface area (Å²) in [5, 5.41) is 4.12. The molecule has 0 unspecified atom stereocenters. The van der Waals surface area contributed by atoms with E-state index in [1.807, 2.05) is 26.0 Å². The molecule has 0 saturated heterocycles. The molecule has 0 aliphatic rings. The van der Waals surface area contributed by atoms with Gasteiger partial charge in [0.25, 0.3) is 0 Å². The van der Waals surface area contributed by atoms with Gasteiger partial charge in [0.1, 0.15) is 16.9 Å². The van der Waals surface area contributed by atoms with Crippen LogP contribution in [-0.2, 0) is 0 Å². The average molecular weight is 257 g/mol. The van der Waals surface area contributed by atoms with Crippen LogP contribution in [0.25, 0.3) is 16.2 Å². The minimum absolute atomic E-state index is 0.512. The summed E-state index contributed by atoms with van der Waals surface area (Å²) < 4.78 is 1.59. The Labute approximate surface area is 108 Å². The molecule has 2 heterocycles. The van der Waals surface area contributed by atoms with E-state index < -0.39 is 0 Å². The monoisotopic (exact) mass is 257 g/mol. The van der Waals surface area contributed by atoms with Crippen molar-refractivity contribution in [2.45, 2.75) is 13.8 Å². The summed E-state index contributed by atoms with van der Waals surface area (Å²) in [6.07, 6.45) is 0.814. The molecule has 0 fully saturated rings. The van der Waals surface area contributed by atoms with Crippen molar-refractivity contribution in [3.8, 4) is 11.3 Å². The molecule has 2 aromatic heterocycles. The Hall–Kier alpha value is -2.01. The lowest BCUT2D eigenvalue weighted by atomic mass is 10.0. The molecule has 0 aliphatic heterocycles. The van der Waals surface area contributed by atoms with E-state index in [1.54, 1.807) is 10.0 Å². The van der Waals surface area contributed by atoms with Crippen LogP contribution in [0, 0.1) is 13.8 Å². The Morgan fingerprint density at radius 3 is 2.89 bits per heavy atom. The predicted octanol–water partition coefficient (Wildman–Crippen LogP) is 2.89. The first-order valence-corrected chi connectivity index (χ1v) is 6.43. The number of fused-ring (bicyclic) bond motifs is 1. The number of hydrogen-bond acceptors (Lipinski definition) is 4. The first-order chi connectivity index (χ1) is 8.70. The first kappa shape index (κ1) is 11.1. The second kappa shape index (κ2) is 4.03. The average Bonchev–Trinajstić information content (AvgIpc) is 2.88. The fourth-order valence-corrected chi connectivity index (χ4v) is 2.72. The molecule has 5 heteroatoms. The van der Waals surface area contributed by atoms with Crippen LogP contribution < -0.4 is 0 Å². The highest BCUT2D eigenvalue weighted by Gasteiger charge is 2.16. The van der Waals surface area contributed by atoms with Crippen LogP contribution in [0.15, 0.2) is 23.7 Å². The van der Waals surface area contributed by atoms with Gasteiger partial charge in [-0.05, 0) is 19.4 Å². The van der Waals surface area contributed by atoms with Crippen molar-refractivity contribution in [1.82, 2.24) is 14.6 Å². The summed E-state index contributed by atoms with van der Waals surface area (Å²) in [5.74, 6) is 0. The van der Waals surface area contributed by atoms with Crippen molar-refractivity contribution in [3.05, 3.63) is 40.5 Å². The highest BCUT2D eigenvalue weighted by molar-refractivity contribution is 7.14. The predicted molar refractivity (Wildman–Crippen MR) is 71.2 cm³/mol. The van der Waals surface area contributed by atoms with Crippen LogP contribution in [0.3, 0.4) is 0 Å². The van der Waals surface area contributed by atoms with Crippen molar-refractivity contribution in [2.24, 2.45) is 0 Å². The van der Waals surface area contributed by atoms with Gasteiger partial charge in [0.2, 0.25) is 4.96 Å². The number of nitrogens with zero attached hydrogens (tertiary/aromatic N) is 3. The van der Waals surface area contributed by atoms with Gasteiger partial charge in [0.05, 0.1) is 0 Å². The van der Waals surface area contributed by atoms with E-state index >= 15 is 0 Å². The van der Waals surface area contributed by atoms with E-state index in [-0.39, 0.29) is 0 Å². The van der Waals surface area contributed by atoms with Crippen LogP contribution in [0.2, 0.25) is 0 Å². The maximum atomic E-state index is 11.3. The molecule has 0 aliphatic carbocycles. The number of aryl methyl sites for hydroxylation is 2. The maximum Gasteiger partial charge on any atom is 0.213 e. The van der Waals surface area contributed by atoms with Crippen LogP contribution in [0.4, 0.5) is 0 Å². The highest BCUT2D eigenvalue weighted by atomic mass is 32.1. The summed E-state index contributed by atoms with van der Waals surface area (Å²) in [6.45, 7) is 4.07. The summed E-state index contributed by atoms with van der Waals surface area (Å²) in [5.41, 5.74) is 6.20. The Morgan fingerprint density at radius 1 is 1.33 bits per heavy atom. The summed E-state index contributed by atoms with van der Waals surface area (Å²) in [7, 11) is 0. The van der Waals surface area contributed by atoms with Crippen LogP contribution >= 0.6 is 11.3 Å². The van der Waals surface area contributed by atoms with Gasteiger partial charge in [0, 0.05) is 5.56 Å². The molecular formula is C13H11N3OS. The zero-order valence-corrected chi connectivity index (χ0v) is 10.9. The van der Waals surface area contributed by atoms with Gasteiger partial charge in [0.15, 0.2) is 6.29 Å². The van der Waals surface area contributed by atoms with Crippen molar-refractivity contribution < 1.29 is 4.79 Å². The van der Waals surface area contributed by atoms with Crippen molar-refractivity contribution in [1.29, 1.82) is 0 Å². The molecule has 4 nitrogen and oxygen atoms in total. The summed E-state index contributed by atoms with van der Waals surface area (Å²) in [4.78, 5) is 16.5. The number of carbonyl (C=O) groups excluding carboxylic acids is 1. The van der Waals surface area contributed by atoms with Gasteiger partial charge in [-0.3, -0.25) is 4.79 Å². The van der Waals surface area contributed by atoms with Gasteiger partial charge in [-0.25, -0.2) is 4.98 Å². The smallest absolute Gasteiger partial charge is 0.213 e. The Balaban J connectivity index is 2.30. The van der Waals surface area contributed by atoms with Crippen LogP contribution in [0.5, 0.6) is 0 Å². The van der Waals surface area contributed by atoms with Crippen LogP contribution in [0.1, 0.15) is 21.6 Å². The number of aromatic nitrogens is 3. The van der Waals surface area contributed by atoms with Gasteiger partial charge in [-0.1, -0.05) is 35.1 Å². The minimum Gasteiger partial charge on any atom is -0.296 e. The molecule has 18 heavy (non-hydrogen) atoms. The van der Waals surface area contributed by atoms with Gasteiger partial charge in [-0.15, -0.1) is 0 Å². The Kier molecular flexibility index (Phi) is 2.48. The number of imidazole rings is 1. The lowest BCUT2D eigenvalue weighted by Gasteiger charge is -2.04. The second-order valence-corrected chi connectivity index (χ2v) is 5.03. The van der Waals surface area contributed by atoms with E-state index in [0.717, 1.165) is 22.4 Å². The number of benzene rings is 1.